The van der Waals surface area contributed by atoms with Crippen molar-refractivity contribution in [2.75, 3.05) is 26.2 Å². The van der Waals surface area contributed by atoms with Gasteiger partial charge in [0.2, 0.25) is 0 Å². The molecule has 0 spiro atoms. The Morgan fingerprint density at radius 1 is 1.17 bits per heavy atom. The van der Waals surface area contributed by atoms with Gasteiger partial charge in [-0.05, 0) is 69.2 Å². The zero-order chi connectivity index (χ0) is 25.4. The molecule has 190 valence electrons. The monoisotopic (exact) mass is 488 g/mol. The Balaban J connectivity index is 1.42. The van der Waals surface area contributed by atoms with E-state index in [0.29, 0.717) is 12.6 Å². The van der Waals surface area contributed by atoms with Crippen molar-refractivity contribution in [1.82, 2.24) is 29.7 Å². The standard InChI is InChI=1S/C28H36N6O2/c1-18-5-6-26-19(2)13-23(32-10-7-22(8-11-32)29-9-12-35)17-33(26)28(36)14-24(18)25-15-27-21(4)30-20(3)16-34(27)31-25/h6,13-18,22,29,35H,5,7-12H2,1-4H3. The first-order chi connectivity index (χ1) is 17.3. The van der Waals surface area contributed by atoms with Gasteiger partial charge in [-0.2, -0.15) is 5.10 Å². The van der Waals surface area contributed by atoms with Gasteiger partial charge in [-0.1, -0.05) is 13.0 Å². The maximum atomic E-state index is 13.6. The summed E-state index contributed by atoms with van der Waals surface area (Å²) in [5, 5.41) is 17.3. The van der Waals surface area contributed by atoms with E-state index in [1.165, 1.54) is 0 Å². The lowest BCUT2D eigenvalue weighted by molar-refractivity contribution is -0.122. The summed E-state index contributed by atoms with van der Waals surface area (Å²) in [5.41, 5.74) is 7.74. The Morgan fingerprint density at radius 2 is 1.94 bits per heavy atom. The number of aromatic nitrogens is 3. The molecule has 5 rings (SSSR count). The number of aliphatic hydroxyl groups is 1. The van der Waals surface area contributed by atoms with Crippen molar-refractivity contribution >= 4 is 17.0 Å². The van der Waals surface area contributed by atoms with E-state index in [-0.39, 0.29) is 18.4 Å². The van der Waals surface area contributed by atoms with Crippen LogP contribution in [0.4, 0.5) is 0 Å². The normalized spacial score (nSPS) is 21.5. The summed E-state index contributed by atoms with van der Waals surface area (Å²) in [6.07, 6.45) is 12.9. The Morgan fingerprint density at radius 3 is 2.69 bits per heavy atom. The topological polar surface area (TPSA) is 86.0 Å². The van der Waals surface area contributed by atoms with E-state index in [4.69, 9.17) is 10.2 Å². The van der Waals surface area contributed by atoms with Gasteiger partial charge in [0.15, 0.2) is 0 Å². The third kappa shape index (κ3) is 4.75. The molecule has 2 aromatic rings. The van der Waals surface area contributed by atoms with E-state index in [1.807, 2.05) is 36.8 Å². The first-order valence-electron chi connectivity index (χ1n) is 12.9. The molecule has 1 saturated heterocycles. The quantitative estimate of drug-likeness (QED) is 0.672. The number of amides is 1. The third-order valence-corrected chi connectivity index (χ3v) is 7.46. The highest BCUT2D eigenvalue weighted by molar-refractivity contribution is 5.98. The van der Waals surface area contributed by atoms with Gasteiger partial charge in [0, 0.05) is 43.6 Å². The van der Waals surface area contributed by atoms with Crippen LogP contribution < -0.4 is 5.32 Å². The van der Waals surface area contributed by atoms with Crippen LogP contribution in [0.15, 0.2) is 53.7 Å². The SMILES string of the molecule is CC1=CC(N2CCC(NCCO)CC2)=CN2C(=O)C=C(c3cc4c(C)nc(C)cn4n3)C(C)CC=C12. The molecule has 36 heavy (non-hydrogen) atoms. The number of aliphatic hydroxyl groups excluding tert-OH is 1. The zero-order valence-electron chi connectivity index (χ0n) is 21.7. The van der Waals surface area contributed by atoms with Gasteiger partial charge in [-0.15, -0.1) is 0 Å². The number of allylic oxidation sites excluding steroid dienone is 4. The third-order valence-electron chi connectivity index (χ3n) is 7.46. The molecule has 0 aliphatic carbocycles. The second-order valence-electron chi connectivity index (χ2n) is 10.2. The van der Waals surface area contributed by atoms with Crippen LogP contribution in [0.1, 0.15) is 50.2 Å². The van der Waals surface area contributed by atoms with Crippen molar-refractivity contribution in [3.63, 3.8) is 0 Å². The van der Waals surface area contributed by atoms with Gasteiger partial charge < -0.3 is 15.3 Å². The molecule has 0 bridgehead atoms. The molecule has 1 amide bonds. The number of hydrogen-bond donors (Lipinski definition) is 2. The second-order valence-corrected chi connectivity index (χ2v) is 10.2. The average Bonchev–Trinajstić information content (AvgIpc) is 3.28. The van der Waals surface area contributed by atoms with Crippen LogP contribution in [0.5, 0.6) is 0 Å². The fourth-order valence-electron chi connectivity index (χ4n) is 5.47. The highest BCUT2D eigenvalue weighted by Gasteiger charge is 2.28. The Kier molecular flexibility index (Phi) is 6.81. The van der Waals surface area contributed by atoms with E-state index in [0.717, 1.165) is 77.5 Å². The van der Waals surface area contributed by atoms with Crippen molar-refractivity contribution < 1.29 is 9.90 Å². The van der Waals surface area contributed by atoms with Gasteiger partial charge in [0.25, 0.3) is 5.91 Å². The molecule has 2 N–H and O–H groups in total. The summed E-state index contributed by atoms with van der Waals surface area (Å²) >= 11 is 0. The first kappa shape index (κ1) is 24.5. The first-order valence-corrected chi connectivity index (χ1v) is 12.9. The number of likely N-dealkylation sites (tertiary alicyclic amines) is 1. The molecule has 1 unspecified atom stereocenters. The Labute approximate surface area is 212 Å². The number of piperidine rings is 1. The summed E-state index contributed by atoms with van der Waals surface area (Å²) < 4.78 is 1.87. The number of fused-ring (bicyclic) bond motifs is 2. The lowest BCUT2D eigenvalue weighted by Crippen LogP contribution is -2.43. The maximum absolute atomic E-state index is 13.6. The van der Waals surface area contributed by atoms with Gasteiger partial charge in [-0.3, -0.25) is 14.7 Å². The van der Waals surface area contributed by atoms with Crippen LogP contribution in [0.2, 0.25) is 0 Å². The van der Waals surface area contributed by atoms with E-state index >= 15 is 0 Å². The summed E-state index contributed by atoms with van der Waals surface area (Å²) in [5.74, 6) is 0.113. The molecule has 1 fully saturated rings. The molecule has 0 radical (unpaired) electrons. The van der Waals surface area contributed by atoms with Gasteiger partial charge in [0.1, 0.15) is 0 Å². The smallest absolute Gasteiger partial charge is 0.255 e. The van der Waals surface area contributed by atoms with Gasteiger partial charge >= 0.3 is 0 Å². The second kappa shape index (κ2) is 10.0. The van der Waals surface area contributed by atoms with Crippen LogP contribution in [-0.4, -0.2) is 67.7 Å². The van der Waals surface area contributed by atoms with Crippen molar-refractivity contribution in [3.8, 4) is 0 Å². The van der Waals surface area contributed by atoms with E-state index in [2.05, 4.69) is 41.2 Å². The molecule has 8 nitrogen and oxygen atoms in total. The summed E-state index contributed by atoms with van der Waals surface area (Å²) in [4.78, 5) is 22.4. The molecule has 8 heteroatoms. The Bertz CT molecular complexity index is 1290. The summed E-state index contributed by atoms with van der Waals surface area (Å²) in [6, 6.07) is 2.47. The molecule has 0 saturated carbocycles. The Hall–Kier alpha value is -3.23. The molecule has 3 aliphatic heterocycles. The maximum Gasteiger partial charge on any atom is 0.255 e. The molecule has 0 aromatic carbocycles. The van der Waals surface area contributed by atoms with E-state index in [1.54, 1.807) is 11.0 Å². The lowest BCUT2D eigenvalue weighted by atomic mass is 9.91. The van der Waals surface area contributed by atoms with Crippen LogP contribution in [0, 0.1) is 19.8 Å². The summed E-state index contributed by atoms with van der Waals surface area (Å²) in [6.45, 7) is 10.8. The molecular weight excluding hydrogens is 452 g/mol. The zero-order valence-corrected chi connectivity index (χ0v) is 21.7. The number of carbonyl (C=O) groups excluding carboxylic acids is 1. The van der Waals surface area contributed by atoms with Gasteiger partial charge in [0.05, 0.1) is 41.1 Å². The van der Waals surface area contributed by atoms with Crippen molar-refractivity contribution in [3.05, 3.63) is 70.7 Å². The van der Waals surface area contributed by atoms with Crippen molar-refractivity contribution in [1.29, 1.82) is 0 Å². The molecule has 5 heterocycles. The fraction of sp³-hybridized carbons (Fsp3) is 0.464. The minimum absolute atomic E-state index is 0.0460. The largest absolute Gasteiger partial charge is 0.395 e. The number of hydrogen-bond acceptors (Lipinski definition) is 6. The minimum Gasteiger partial charge on any atom is -0.395 e. The van der Waals surface area contributed by atoms with Crippen LogP contribution in [-0.2, 0) is 4.79 Å². The lowest BCUT2D eigenvalue weighted by Gasteiger charge is -2.38. The molecule has 2 aromatic heterocycles. The molecule has 3 aliphatic rings. The van der Waals surface area contributed by atoms with Crippen LogP contribution >= 0.6 is 0 Å². The highest BCUT2D eigenvalue weighted by atomic mass is 16.3. The number of aryl methyl sites for hydroxylation is 2. The van der Waals surface area contributed by atoms with Crippen molar-refractivity contribution in [2.24, 2.45) is 5.92 Å². The number of nitrogens with zero attached hydrogens (tertiary/aromatic N) is 5. The predicted molar refractivity (Wildman–Crippen MR) is 141 cm³/mol. The van der Waals surface area contributed by atoms with Crippen molar-refractivity contribution in [2.45, 2.75) is 53.0 Å². The number of nitrogens with one attached hydrogen (secondary N) is 1. The minimum atomic E-state index is -0.0460. The number of carbonyl (C=O) groups is 1. The summed E-state index contributed by atoms with van der Waals surface area (Å²) in [7, 11) is 0. The van der Waals surface area contributed by atoms with E-state index in [9.17, 15) is 4.79 Å². The average molecular weight is 489 g/mol. The molecular formula is C28H36N6O2. The predicted octanol–water partition coefficient (Wildman–Crippen LogP) is 3.33. The fourth-order valence-corrected chi connectivity index (χ4v) is 5.47. The highest BCUT2D eigenvalue weighted by Crippen LogP contribution is 2.34. The van der Waals surface area contributed by atoms with Crippen LogP contribution in [0.3, 0.4) is 0 Å². The number of rotatable bonds is 5. The van der Waals surface area contributed by atoms with Crippen LogP contribution in [0.25, 0.3) is 11.1 Å². The van der Waals surface area contributed by atoms with E-state index < -0.39 is 0 Å². The molecule has 1 atom stereocenters. The van der Waals surface area contributed by atoms with Gasteiger partial charge in [-0.25, -0.2) is 4.52 Å².